The number of carbonyl (C=O) groups excluding carboxylic acids is 2. The first-order chi connectivity index (χ1) is 13.8. The van der Waals surface area contributed by atoms with Crippen LogP contribution in [-0.2, 0) is 15.7 Å². The van der Waals surface area contributed by atoms with Crippen LogP contribution >= 0.6 is 0 Å². The van der Waals surface area contributed by atoms with E-state index in [2.05, 4.69) is 5.32 Å². The van der Waals surface area contributed by atoms with Crippen LogP contribution in [0.15, 0.2) is 42.5 Å². The van der Waals surface area contributed by atoms with Crippen LogP contribution in [0.2, 0.25) is 0 Å². The minimum atomic E-state index is -4.56. The summed E-state index contributed by atoms with van der Waals surface area (Å²) in [5, 5.41) is 2.50. The predicted molar refractivity (Wildman–Crippen MR) is 100 cm³/mol. The lowest BCUT2D eigenvalue weighted by molar-refractivity contribution is -0.137. The number of alkyl halides is 3. The molecule has 1 aliphatic heterocycles. The molecule has 0 radical (unpaired) electrons. The molecule has 1 aliphatic rings. The number of esters is 1. The van der Waals surface area contributed by atoms with Gasteiger partial charge in [-0.05, 0) is 36.4 Å². The Morgan fingerprint density at radius 3 is 2.48 bits per heavy atom. The number of ether oxygens (including phenoxy) is 2. The van der Waals surface area contributed by atoms with E-state index in [1.54, 1.807) is 12.1 Å². The minimum Gasteiger partial charge on any atom is -0.465 e. The summed E-state index contributed by atoms with van der Waals surface area (Å²) in [6.07, 6.45) is -4.56. The van der Waals surface area contributed by atoms with Crippen molar-refractivity contribution in [2.45, 2.75) is 6.18 Å². The normalized spacial score (nSPS) is 14.4. The van der Waals surface area contributed by atoms with Crippen LogP contribution in [0.25, 0.3) is 0 Å². The molecule has 2 aromatic carbocycles. The van der Waals surface area contributed by atoms with Crippen LogP contribution in [0, 0.1) is 0 Å². The molecule has 2 aromatic rings. The summed E-state index contributed by atoms with van der Waals surface area (Å²) in [4.78, 5) is 26.7. The number of hydrogen-bond donors (Lipinski definition) is 1. The van der Waals surface area contributed by atoms with Crippen molar-refractivity contribution in [1.82, 2.24) is 0 Å². The molecule has 0 atom stereocenters. The number of anilines is 2. The largest absolute Gasteiger partial charge is 0.465 e. The molecule has 0 unspecified atom stereocenters. The van der Waals surface area contributed by atoms with Gasteiger partial charge in [0, 0.05) is 24.3 Å². The molecule has 1 N–H and O–H groups in total. The number of benzene rings is 2. The van der Waals surface area contributed by atoms with Crippen molar-refractivity contribution in [2.75, 3.05) is 43.6 Å². The molecule has 0 saturated carbocycles. The number of morpholine rings is 1. The second-order valence-electron chi connectivity index (χ2n) is 6.35. The van der Waals surface area contributed by atoms with Gasteiger partial charge in [0.15, 0.2) is 0 Å². The molecular formula is C20H19F3N2O4. The maximum atomic E-state index is 12.9. The first kappa shape index (κ1) is 20.7. The third kappa shape index (κ3) is 4.86. The van der Waals surface area contributed by atoms with E-state index in [0.29, 0.717) is 26.3 Å². The number of halogens is 3. The van der Waals surface area contributed by atoms with Gasteiger partial charge in [0.2, 0.25) is 0 Å². The monoisotopic (exact) mass is 408 g/mol. The van der Waals surface area contributed by atoms with E-state index in [-0.39, 0.29) is 16.8 Å². The first-order valence-electron chi connectivity index (χ1n) is 8.83. The molecular weight excluding hydrogens is 389 g/mol. The van der Waals surface area contributed by atoms with E-state index in [1.807, 2.05) is 4.90 Å². The standard InChI is InChI=1S/C20H19F3N2O4/c1-28-19(27)16-12-15(25-7-9-29-10-8-25)5-6-17(16)24-18(26)13-3-2-4-14(11-13)20(21,22)23/h2-6,11-12H,7-10H2,1H3,(H,24,26). The second kappa shape index (κ2) is 8.52. The van der Waals surface area contributed by atoms with Crippen molar-refractivity contribution in [2.24, 2.45) is 0 Å². The smallest absolute Gasteiger partial charge is 0.416 e. The van der Waals surface area contributed by atoms with Crippen molar-refractivity contribution in [1.29, 1.82) is 0 Å². The van der Waals surface area contributed by atoms with Gasteiger partial charge < -0.3 is 19.7 Å². The molecule has 6 nitrogen and oxygen atoms in total. The fourth-order valence-electron chi connectivity index (χ4n) is 2.97. The molecule has 1 heterocycles. The average Bonchev–Trinajstić information content (AvgIpc) is 2.73. The van der Waals surface area contributed by atoms with Crippen LogP contribution < -0.4 is 10.2 Å². The highest BCUT2D eigenvalue weighted by Gasteiger charge is 2.31. The van der Waals surface area contributed by atoms with Gasteiger partial charge in [-0.2, -0.15) is 13.2 Å². The zero-order chi connectivity index (χ0) is 21.0. The first-order valence-corrected chi connectivity index (χ1v) is 8.83. The molecule has 9 heteroatoms. The van der Waals surface area contributed by atoms with E-state index in [9.17, 15) is 22.8 Å². The highest BCUT2D eigenvalue weighted by molar-refractivity contribution is 6.08. The molecule has 1 fully saturated rings. The number of methoxy groups -OCH3 is 1. The third-order valence-electron chi connectivity index (χ3n) is 4.48. The Balaban J connectivity index is 1.87. The Morgan fingerprint density at radius 2 is 1.83 bits per heavy atom. The number of rotatable bonds is 4. The molecule has 29 heavy (non-hydrogen) atoms. The molecule has 0 spiro atoms. The molecule has 3 rings (SSSR count). The number of hydrogen-bond acceptors (Lipinski definition) is 5. The Hall–Kier alpha value is -3.07. The highest BCUT2D eigenvalue weighted by Crippen LogP contribution is 2.30. The van der Waals surface area contributed by atoms with E-state index in [0.717, 1.165) is 23.9 Å². The van der Waals surface area contributed by atoms with Crippen LogP contribution in [0.1, 0.15) is 26.3 Å². The number of amides is 1. The summed E-state index contributed by atoms with van der Waals surface area (Å²) in [7, 11) is 1.21. The third-order valence-corrected chi connectivity index (χ3v) is 4.48. The number of carbonyl (C=O) groups is 2. The molecule has 154 valence electrons. The van der Waals surface area contributed by atoms with Crippen molar-refractivity contribution in [3.63, 3.8) is 0 Å². The fourth-order valence-corrected chi connectivity index (χ4v) is 2.97. The summed E-state index contributed by atoms with van der Waals surface area (Å²) in [6.45, 7) is 2.41. The van der Waals surface area contributed by atoms with Gasteiger partial charge in [0.05, 0.1) is 37.1 Å². The number of nitrogens with one attached hydrogen (secondary N) is 1. The van der Waals surface area contributed by atoms with Gasteiger partial charge >= 0.3 is 12.1 Å². The van der Waals surface area contributed by atoms with E-state index >= 15 is 0 Å². The van der Waals surface area contributed by atoms with Crippen molar-refractivity contribution < 1.29 is 32.2 Å². The van der Waals surface area contributed by atoms with Crippen molar-refractivity contribution in [3.8, 4) is 0 Å². The summed E-state index contributed by atoms with van der Waals surface area (Å²) >= 11 is 0. The molecule has 1 saturated heterocycles. The number of nitrogens with zero attached hydrogens (tertiary/aromatic N) is 1. The van der Waals surface area contributed by atoms with Crippen molar-refractivity contribution >= 4 is 23.3 Å². The Morgan fingerprint density at radius 1 is 1.10 bits per heavy atom. The average molecular weight is 408 g/mol. The SMILES string of the molecule is COC(=O)c1cc(N2CCOCC2)ccc1NC(=O)c1cccc(C(F)(F)F)c1. The van der Waals surface area contributed by atoms with Crippen LogP contribution in [0.3, 0.4) is 0 Å². The highest BCUT2D eigenvalue weighted by atomic mass is 19.4. The quantitative estimate of drug-likeness (QED) is 0.784. The minimum absolute atomic E-state index is 0.108. The summed E-state index contributed by atoms with van der Waals surface area (Å²) in [6, 6.07) is 8.90. The Kier molecular flexibility index (Phi) is 6.07. The summed E-state index contributed by atoms with van der Waals surface area (Å²) in [5.41, 5.74) is -0.0900. The van der Waals surface area contributed by atoms with Crippen LogP contribution in [-0.4, -0.2) is 45.3 Å². The topological polar surface area (TPSA) is 67.9 Å². The van der Waals surface area contributed by atoms with E-state index in [1.165, 1.54) is 19.2 Å². The lowest BCUT2D eigenvalue weighted by Crippen LogP contribution is -2.36. The van der Waals surface area contributed by atoms with E-state index < -0.39 is 23.6 Å². The Labute approximate surface area is 165 Å². The lowest BCUT2D eigenvalue weighted by Gasteiger charge is -2.29. The zero-order valence-corrected chi connectivity index (χ0v) is 15.6. The van der Waals surface area contributed by atoms with Crippen molar-refractivity contribution in [3.05, 3.63) is 59.2 Å². The Bertz CT molecular complexity index is 909. The maximum Gasteiger partial charge on any atom is 0.416 e. The molecule has 0 aliphatic carbocycles. The second-order valence-corrected chi connectivity index (χ2v) is 6.35. The molecule has 0 aromatic heterocycles. The van der Waals surface area contributed by atoms with Gasteiger partial charge in [-0.3, -0.25) is 4.79 Å². The molecule has 0 bridgehead atoms. The van der Waals surface area contributed by atoms with Gasteiger partial charge in [-0.1, -0.05) is 6.07 Å². The fraction of sp³-hybridized carbons (Fsp3) is 0.300. The summed E-state index contributed by atoms with van der Waals surface area (Å²) < 4.78 is 48.8. The van der Waals surface area contributed by atoms with Gasteiger partial charge in [-0.25, -0.2) is 4.79 Å². The lowest BCUT2D eigenvalue weighted by atomic mass is 10.1. The van der Waals surface area contributed by atoms with Crippen LogP contribution in [0.4, 0.5) is 24.5 Å². The predicted octanol–water partition coefficient (Wildman–Crippen LogP) is 3.58. The van der Waals surface area contributed by atoms with Gasteiger partial charge in [0.1, 0.15) is 0 Å². The summed E-state index contributed by atoms with van der Waals surface area (Å²) in [5.74, 6) is -1.43. The zero-order valence-electron chi connectivity index (χ0n) is 15.6. The van der Waals surface area contributed by atoms with E-state index in [4.69, 9.17) is 9.47 Å². The van der Waals surface area contributed by atoms with Gasteiger partial charge in [-0.15, -0.1) is 0 Å². The molecule has 1 amide bonds. The maximum absolute atomic E-state index is 12.9. The van der Waals surface area contributed by atoms with Gasteiger partial charge in [0.25, 0.3) is 5.91 Å². The van der Waals surface area contributed by atoms with Crippen LogP contribution in [0.5, 0.6) is 0 Å².